The molecule has 0 aliphatic carbocycles. The third-order valence-corrected chi connectivity index (χ3v) is 5.64. The van der Waals surface area contributed by atoms with E-state index < -0.39 is 11.5 Å². The number of unbranched alkanes of at least 4 members (excludes halogenated alkanes) is 3. The van der Waals surface area contributed by atoms with E-state index in [0.717, 1.165) is 31.2 Å². The Hall–Kier alpha value is -2.60. The Morgan fingerprint density at radius 1 is 1.14 bits per heavy atom. The quantitative estimate of drug-likeness (QED) is 0.453. The van der Waals surface area contributed by atoms with Crippen LogP contribution in [0.2, 0.25) is 0 Å². The number of carbonyl (C=O) groups is 1. The van der Waals surface area contributed by atoms with Crippen molar-refractivity contribution in [1.82, 2.24) is 4.57 Å². The number of nitrogens with zero attached hydrogens (tertiary/aromatic N) is 1. The molecule has 0 spiro atoms. The van der Waals surface area contributed by atoms with Gasteiger partial charge in [-0.05, 0) is 59.1 Å². The Bertz CT molecular complexity index is 1110. The van der Waals surface area contributed by atoms with Gasteiger partial charge >= 0.3 is 0 Å². The zero-order valence-electron chi connectivity index (χ0n) is 16.7. The van der Waals surface area contributed by atoms with Gasteiger partial charge in [-0.3, -0.25) is 9.59 Å². The van der Waals surface area contributed by atoms with Crippen LogP contribution >= 0.6 is 15.9 Å². The first-order chi connectivity index (χ1) is 13.9. The lowest BCUT2D eigenvalue weighted by molar-refractivity contribution is 0.102. The highest BCUT2D eigenvalue weighted by Gasteiger charge is 2.22. The lowest BCUT2D eigenvalue weighted by atomic mass is 10.1. The average molecular weight is 457 g/mol. The van der Waals surface area contributed by atoms with E-state index in [1.807, 2.05) is 25.1 Å². The number of hydrogen-bond acceptors (Lipinski definition) is 3. The normalized spacial score (nSPS) is 11.0. The summed E-state index contributed by atoms with van der Waals surface area (Å²) in [5.74, 6) is -0.902. The number of benzene rings is 2. The number of para-hydroxylation sites is 1. The molecule has 0 atom stereocenters. The topological polar surface area (TPSA) is 71.3 Å². The summed E-state index contributed by atoms with van der Waals surface area (Å²) in [4.78, 5) is 26.1. The Morgan fingerprint density at radius 3 is 2.62 bits per heavy atom. The molecular formula is C23H25BrN2O3. The summed E-state index contributed by atoms with van der Waals surface area (Å²) in [5, 5.41) is 14.0. The second-order valence-corrected chi connectivity index (χ2v) is 8.05. The molecule has 2 aromatic carbocycles. The van der Waals surface area contributed by atoms with Crippen LogP contribution in [0.25, 0.3) is 10.9 Å². The smallest absolute Gasteiger partial charge is 0.267 e. The van der Waals surface area contributed by atoms with Gasteiger partial charge in [0, 0.05) is 16.4 Å². The fourth-order valence-corrected chi connectivity index (χ4v) is 4.01. The molecule has 152 valence electrons. The van der Waals surface area contributed by atoms with E-state index in [-0.39, 0.29) is 11.3 Å². The molecule has 6 heteroatoms. The number of halogens is 1. The van der Waals surface area contributed by atoms with Crippen LogP contribution in [0.1, 0.15) is 48.5 Å². The van der Waals surface area contributed by atoms with E-state index in [4.69, 9.17) is 0 Å². The van der Waals surface area contributed by atoms with Crippen LogP contribution in [0.4, 0.5) is 5.69 Å². The number of pyridine rings is 1. The summed E-state index contributed by atoms with van der Waals surface area (Å²) in [7, 11) is 0. The molecule has 1 heterocycles. The summed E-state index contributed by atoms with van der Waals surface area (Å²) in [6.07, 6.45) is 4.05. The number of anilines is 1. The van der Waals surface area contributed by atoms with Crippen molar-refractivity contribution in [2.75, 3.05) is 5.32 Å². The van der Waals surface area contributed by atoms with Crippen LogP contribution in [-0.2, 0) is 6.54 Å². The number of carbonyl (C=O) groups excluding carboxylic acids is 1. The van der Waals surface area contributed by atoms with Gasteiger partial charge in [0.15, 0.2) is 0 Å². The van der Waals surface area contributed by atoms with Crippen LogP contribution < -0.4 is 10.9 Å². The molecule has 0 bridgehead atoms. The molecule has 0 saturated heterocycles. The number of aryl methyl sites for hydroxylation is 2. The van der Waals surface area contributed by atoms with Crippen molar-refractivity contribution in [3.05, 3.63) is 68.4 Å². The number of aromatic nitrogens is 1. The second kappa shape index (κ2) is 9.27. The third-order valence-electron chi connectivity index (χ3n) is 4.98. The number of nitrogens with one attached hydrogen (secondary N) is 1. The Balaban J connectivity index is 2.04. The SMILES string of the molecule is CCCCCCn1c(=O)c(C(=O)Nc2ccc(C)cc2Br)c(O)c2ccccc21. The Morgan fingerprint density at radius 2 is 1.90 bits per heavy atom. The van der Waals surface area contributed by atoms with Gasteiger partial charge in [0.25, 0.3) is 11.5 Å². The molecule has 3 rings (SSSR count). The minimum atomic E-state index is -0.620. The van der Waals surface area contributed by atoms with Crippen molar-refractivity contribution < 1.29 is 9.90 Å². The molecular weight excluding hydrogens is 432 g/mol. The first kappa shape index (κ1) is 21.1. The molecule has 1 aromatic heterocycles. The summed E-state index contributed by atoms with van der Waals surface area (Å²) in [6, 6.07) is 12.6. The first-order valence-electron chi connectivity index (χ1n) is 9.86. The first-order valence-corrected chi connectivity index (χ1v) is 10.6. The predicted molar refractivity (Wildman–Crippen MR) is 121 cm³/mol. The van der Waals surface area contributed by atoms with Gasteiger partial charge in [-0.25, -0.2) is 0 Å². The van der Waals surface area contributed by atoms with Gasteiger partial charge in [-0.2, -0.15) is 0 Å². The summed E-state index contributed by atoms with van der Waals surface area (Å²) in [6.45, 7) is 4.59. The predicted octanol–water partition coefficient (Wildman–Crippen LogP) is 5.61. The molecule has 0 radical (unpaired) electrons. The molecule has 0 aliphatic heterocycles. The molecule has 0 fully saturated rings. The fraction of sp³-hybridized carbons (Fsp3) is 0.304. The molecule has 1 amide bonds. The number of aromatic hydroxyl groups is 1. The maximum atomic E-state index is 13.2. The van der Waals surface area contributed by atoms with Crippen molar-refractivity contribution in [2.24, 2.45) is 0 Å². The average Bonchev–Trinajstić information content (AvgIpc) is 2.69. The van der Waals surface area contributed by atoms with Crippen molar-refractivity contribution in [1.29, 1.82) is 0 Å². The summed E-state index contributed by atoms with van der Waals surface area (Å²) >= 11 is 3.43. The second-order valence-electron chi connectivity index (χ2n) is 7.20. The third kappa shape index (κ3) is 4.53. The van der Waals surface area contributed by atoms with Gasteiger partial charge < -0.3 is 15.0 Å². The number of amides is 1. The van der Waals surface area contributed by atoms with Crippen molar-refractivity contribution in [3.8, 4) is 5.75 Å². The van der Waals surface area contributed by atoms with E-state index in [1.54, 1.807) is 28.8 Å². The van der Waals surface area contributed by atoms with Gasteiger partial charge in [0.2, 0.25) is 0 Å². The Kier molecular flexibility index (Phi) is 6.75. The number of fused-ring (bicyclic) bond motifs is 1. The number of hydrogen-bond donors (Lipinski definition) is 2. The highest BCUT2D eigenvalue weighted by Crippen LogP contribution is 2.29. The minimum absolute atomic E-state index is 0.230. The van der Waals surface area contributed by atoms with E-state index in [0.29, 0.717) is 27.6 Å². The van der Waals surface area contributed by atoms with Crippen molar-refractivity contribution in [2.45, 2.75) is 46.1 Å². The highest BCUT2D eigenvalue weighted by molar-refractivity contribution is 9.10. The van der Waals surface area contributed by atoms with Gasteiger partial charge in [-0.15, -0.1) is 0 Å². The zero-order chi connectivity index (χ0) is 21.0. The molecule has 2 N–H and O–H groups in total. The van der Waals surface area contributed by atoms with E-state index in [9.17, 15) is 14.7 Å². The summed E-state index contributed by atoms with van der Waals surface area (Å²) in [5.41, 5.74) is 1.52. The molecule has 0 saturated carbocycles. The van der Waals surface area contributed by atoms with E-state index in [2.05, 4.69) is 28.2 Å². The lowest BCUT2D eigenvalue weighted by Gasteiger charge is -2.15. The van der Waals surface area contributed by atoms with Gasteiger partial charge in [0.1, 0.15) is 11.3 Å². The van der Waals surface area contributed by atoms with Crippen LogP contribution in [0.15, 0.2) is 51.7 Å². The van der Waals surface area contributed by atoms with Crippen molar-refractivity contribution in [3.63, 3.8) is 0 Å². The highest BCUT2D eigenvalue weighted by atomic mass is 79.9. The molecule has 3 aromatic rings. The monoisotopic (exact) mass is 456 g/mol. The van der Waals surface area contributed by atoms with Gasteiger partial charge in [0.05, 0.1) is 11.2 Å². The van der Waals surface area contributed by atoms with Crippen LogP contribution in [0.5, 0.6) is 5.75 Å². The minimum Gasteiger partial charge on any atom is -0.506 e. The fourth-order valence-electron chi connectivity index (χ4n) is 3.42. The maximum absolute atomic E-state index is 13.2. The molecule has 29 heavy (non-hydrogen) atoms. The van der Waals surface area contributed by atoms with Crippen molar-refractivity contribution >= 4 is 38.4 Å². The zero-order valence-corrected chi connectivity index (χ0v) is 18.3. The summed E-state index contributed by atoms with van der Waals surface area (Å²) < 4.78 is 2.31. The molecule has 5 nitrogen and oxygen atoms in total. The molecule has 0 aliphatic rings. The van der Waals surface area contributed by atoms with Crippen LogP contribution in [0, 0.1) is 6.92 Å². The van der Waals surface area contributed by atoms with E-state index >= 15 is 0 Å². The van der Waals surface area contributed by atoms with Crippen LogP contribution in [0.3, 0.4) is 0 Å². The maximum Gasteiger partial charge on any atom is 0.267 e. The standard InChI is InChI=1S/C23H25BrN2O3/c1-3-4-5-8-13-26-19-10-7-6-9-16(19)21(27)20(23(26)29)22(28)25-18-12-11-15(2)14-17(18)24/h6-7,9-12,14,27H,3-5,8,13H2,1-2H3,(H,25,28). The molecule has 0 unspecified atom stereocenters. The largest absolute Gasteiger partial charge is 0.506 e. The van der Waals surface area contributed by atoms with E-state index in [1.165, 1.54) is 0 Å². The van der Waals surface area contributed by atoms with Crippen LogP contribution in [-0.4, -0.2) is 15.6 Å². The lowest BCUT2D eigenvalue weighted by Crippen LogP contribution is -2.30. The number of rotatable bonds is 7. The van der Waals surface area contributed by atoms with Gasteiger partial charge in [-0.1, -0.05) is 44.4 Å². The Labute approximate surface area is 178 Å².